The summed E-state index contributed by atoms with van der Waals surface area (Å²) in [5.41, 5.74) is 6.84. The number of amides is 3. The van der Waals surface area contributed by atoms with Gasteiger partial charge in [-0.3, -0.25) is 14.4 Å². The van der Waals surface area contributed by atoms with Crippen LogP contribution < -0.4 is 11.1 Å². The number of carboxylic acid groups (broad SMARTS) is 1. The van der Waals surface area contributed by atoms with Crippen molar-refractivity contribution in [2.45, 2.75) is 76.5 Å². The van der Waals surface area contributed by atoms with Crippen LogP contribution in [0.3, 0.4) is 0 Å². The summed E-state index contributed by atoms with van der Waals surface area (Å²) < 4.78 is 0. The molecule has 35 heavy (non-hydrogen) atoms. The Labute approximate surface area is 205 Å². The fourth-order valence-corrected chi connectivity index (χ4v) is 4.81. The number of aromatic hydroxyl groups is 1. The van der Waals surface area contributed by atoms with Crippen LogP contribution in [0.2, 0.25) is 0 Å². The molecule has 2 saturated heterocycles. The quantitative estimate of drug-likeness (QED) is 0.402. The van der Waals surface area contributed by atoms with E-state index in [1.165, 1.54) is 21.9 Å². The van der Waals surface area contributed by atoms with Crippen molar-refractivity contribution in [3.8, 4) is 5.75 Å². The molecule has 0 aliphatic carbocycles. The number of likely N-dealkylation sites (tertiary alicyclic amines) is 2. The smallest absolute Gasteiger partial charge is 0.326 e. The summed E-state index contributed by atoms with van der Waals surface area (Å²) in [5, 5.41) is 21.9. The molecule has 3 rings (SSSR count). The van der Waals surface area contributed by atoms with Gasteiger partial charge in [-0.1, -0.05) is 32.4 Å². The van der Waals surface area contributed by atoms with E-state index in [-0.39, 0.29) is 24.0 Å². The average Bonchev–Trinajstić information content (AvgIpc) is 3.53. The number of carboxylic acids is 1. The molecule has 2 fully saturated rings. The topological polar surface area (TPSA) is 153 Å². The number of benzene rings is 1. The Balaban J connectivity index is 1.80. The van der Waals surface area contributed by atoms with Gasteiger partial charge in [0.25, 0.3) is 0 Å². The van der Waals surface area contributed by atoms with E-state index in [1.54, 1.807) is 12.1 Å². The van der Waals surface area contributed by atoms with Crippen LogP contribution in [0.5, 0.6) is 5.75 Å². The fraction of sp³-hybridized carbons (Fsp3) is 0.600. The monoisotopic (exact) mass is 488 g/mol. The van der Waals surface area contributed by atoms with E-state index >= 15 is 0 Å². The van der Waals surface area contributed by atoms with Gasteiger partial charge >= 0.3 is 5.97 Å². The van der Waals surface area contributed by atoms with Crippen LogP contribution in [0.1, 0.15) is 51.5 Å². The molecule has 1 aromatic rings. The molecule has 10 nitrogen and oxygen atoms in total. The van der Waals surface area contributed by atoms with Crippen LogP contribution in [-0.4, -0.2) is 81.0 Å². The van der Waals surface area contributed by atoms with Gasteiger partial charge in [0.2, 0.25) is 17.7 Å². The molecular weight excluding hydrogens is 452 g/mol. The molecule has 5 unspecified atom stereocenters. The Bertz CT molecular complexity index is 936. The second kappa shape index (κ2) is 11.5. The maximum atomic E-state index is 13.4. The third-order valence-electron chi connectivity index (χ3n) is 7.19. The van der Waals surface area contributed by atoms with Crippen LogP contribution in [0.4, 0.5) is 0 Å². The highest BCUT2D eigenvalue weighted by molar-refractivity contribution is 5.94. The van der Waals surface area contributed by atoms with Gasteiger partial charge in [-0.15, -0.1) is 0 Å². The van der Waals surface area contributed by atoms with Gasteiger partial charge in [-0.05, 0) is 49.3 Å². The first-order valence-electron chi connectivity index (χ1n) is 12.3. The molecule has 0 spiro atoms. The van der Waals surface area contributed by atoms with Crippen molar-refractivity contribution in [1.29, 1.82) is 0 Å². The van der Waals surface area contributed by atoms with Crippen molar-refractivity contribution in [2.75, 3.05) is 13.1 Å². The lowest BCUT2D eigenvalue weighted by molar-refractivity contribution is -0.149. The van der Waals surface area contributed by atoms with E-state index in [0.29, 0.717) is 44.3 Å². The molecule has 5 atom stereocenters. The summed E-state index contributed by atoms with van der Waals surface area (Å²) in [4.78, 5) is 54.2. The number of hydrogen-bond donors (Lipinski definition) is 4. The van der Waals surface area contributed by atoms with Crippen molar-refractivity contribution in [3.63, 3.8) is 0 Å². The maximum Gasteiger partial charge on any atom is 0.326 e. The lowest BCUT2D eigenvalue weighted by atomic mass is 9.98. The maximum absolute atomic E-state index is 13.4. The number of carbonyl (C=O) groups excluding carboxylic acids is 3. The van der Waals surface area contributed by atoms with E-state index < -0.39 is 42.0 Å². The summed E-state index contributed by atoms with van der Waals surface area (Å²) in [6.45, 7) is 4.57. The van der Waals surface area contributed by atoms with Gasteiger partial charge in [0.15, 0.2) is 0 Å². The molecule has 1 aromatic carbocycles. The number of nitrogens with two attached hydrogens (primary N) is 1. The number of aliphatic carboxylic acids is 1. The highest BCUT2D eigenvalue weighted by atomic mass is 16.4. The molecule has 3 amide bonds. The van der Waals surface area contributed by atoms with Crippen LogP contribution >= 0.6 is 0 Å². The van der Waals surface area contributed by atoms with Crippen molar-refractivity contribution >= 4 is 23.7 Å². The number of phenolic OH excluding ortho intramolecular Hbond substituents is 1. The molecule has 2 heterocycles. The summed E-state index contributed by atoms with van der Waals surface area (Å²) in [6, 6.07) is 2.90. The SMILES string of the molecule is CCC(C)C(N)C(=O)N1CCCC1C(=O)NC(Cc1ccc(O)cc1)C(=O)N1CCCC1C(=O)O. The lowest BCUT2D eigenvalue weighted by Crippen LogP contribution is -2.57. The zero-order chi connectivity index (χ0) is 25.7. The number of rotatable bonds is 9. The Kier molecular flexibility index (Phi) is 8.71. The van der Waals surface area contributed by atoms with Crippen LogP contribution in [0.25, 0.3) is 0 Å². The highest BCUT2D eigenvalue weighted by Gasteiger charge is 2.41. The standard InChI is InChI=1S/C25H36N4O6/c1-3-15(2)21(26)24(33)28-12-4-6-19(28)22(31)27-18(14-16-8-10-17(30)11-9-16)23(32)29-13-5-7-20(29)25(34)35/h8-11,15,18-21,30H,3-7,12-14,26H2,1-2H3,(H,27,31)(H,34,35). The van der Waals surface area contributed by atoms with Gasteiger partial charge < -0.3 is 31.1 Å². The average molecular weight is 489 g/mol. The highest BCUT2D eigenvalue weighted by Crippen LogP contribution is 2.23. The Hall–Kier alpha value is -3.14. The first kappa shape index (κ1) is 26.5. The van der Waals surface area contributed by atoms with Gasteiger partial charge in [0, 0.05) is 19.5 Å². The second-order valence-electron chi connectivity index (χ2n) is 9.56. The second-order valence-corrected chi connectivity index (χ2v) is 9.56. The molecule has 0 saturated carbocycles. The van der Waals surface area contributed by atoms with E-state index in [0.717, 1.165) is 6.42 Å². The third kappa shape index (κ3) is 6.11. The molecule has 0 aromatic heterocycles. The normalized spacial score (nSPS) is 22.5. The minimum atomic E-state index is -1.07. The van der Waals surface area contributed by atoms with E-state index in [4.69, 9.17) is 5.73 Å². The van der Waals surface area contributed by atoms with E-state index in [9.17, 15) is 29.4 Å². The summed E-state index contributed by atoms with van der Waals surface area (Å²) in [5.74, 6) is -2.22. The summed E-state index contributed by atoms with van der Waals surface area (Å²) >= 11 is 0. The number of hydrogen-bond acceptors (Lipinski definition) is 6. The minimum Gasteiger partial charge on any atom is -0.508 e. The van der Waals surface area contributed by atoms with Gasteiger partial charge in [-0.2, -0.15) is 0 Å². The van der Waals surface area contributed by atoms with E-state index in [1.807, 2.05) is 13.8 Å². The fourth-order valence-electron chi connectivity index (χ4n) is 4.81. The van der Waals surface area contributed by atoms with Crippen molar-refractivity contribution in [3.05, 3.63) is 29.8 Å². The predicted molar refractivity (Wildman–Crippen MR) is 128 cm³/mol. The van der Waals surface area contributed by atoms with Gasteiger partial charge in [0.05, 0.1) is 6.04 Å². The minimum absolute atomic E-state index is 0.0289. The molecule has 192 valence electrons. The zero-order valence-corrected chi connectivity index (χ0v) is 20.4. The Morgan fingerprint density at radius 1 is 1.03 bits per heavy atom. The first-order valence-corrected chi connectivity index (χ1v) is 12.3. The van der Waals surface area contributed by atoms with Crippen molar-refractivity contribution < 1.29 is 29.4 Å². The number of carbonyl (C=O) groups is 4. The molecule has 5 N–H and O–H groups in total. The van der Waals surface area contributed by atoms with Gasteiger partial charge in [0.1, 0.15) is 23.9 Å². The third-order valence-corrected chi connectivity index (χ3v) is 7.19. The largest absolute Gasteiger partial charge is 0.508 e. The zero-order valence-electron chi connectivity index (χ0n) is 20.4. The molecule has 2 aliphatic rings. The number of nitrogens with one attached hydrogen (secondary N) is 1. The van der Waals surface area contributed by atoms with Crippen LogP contribution in [-0.2, 0) is 25.6 Å². The number of phenols is 1. The molecule has 10 heteroatoms. The Morgan fingerprint density at radius 2 is 1.60 bits per heavy atom. The molecular formula is C25H36N4O6. The predicted octanol–water partition coefficient (Wildman–Crippen LogP) is 0.860. The molecule has 0 bridgehead atoms. The lowest BCUT2D eigenvalue weighted by Gasteiger charge is -2.31. The van der Waals surface area contributed by atoms with E-state index in [2.05, 4.69) is 5.32 Å². The molecule has 0 radical (unpaired) electrons. The van der Waals surface area contributed by atoms with Crippen molar-refractivity contribution in [1.82, 2.24) is 15.1 Å². The van der Waals surface area contributed by atoms with Crippen molar-refractivity contribution in [2.24, 2.45) is 11.7 Å². The van der Waals surface area contributed by atoms with Crippen LogP contribution in [0, 0.1) is 5.92 Å². The molecule has 2 aliphatic heterocycles. The first-order chi connectivity index (χ1) is 16.6. The summed E-state index contributed by atoms with van der Waals surface area (Å²) in [7, 11) is 0. The Morgan fingerprint density at radius 3 is 2.17 bits per heavy atom. The van der Waals surface area contributed by atoms with Gasteiger partial charge in [-0.25, -0.2) is 4.79 Å². The summed E-state index contributed by atoms with van der Waals surface area (Å²) in [6.07, 6.45) is 2.91. The number of nitrogens with zero attached hydrogens (tertiary/aromatic N) is 2. The van der Waals surface area contributed by atoms with Crippen LogP contribution in [0.15, 0.2) is 24.3 Å².